The van der Waals surface area contributed by atoms with Crippen molar-refractivity contribution in [3.63, 3.8) is 0 Å². The van der Waals surface area contributed by atoms with Crippen LogP contribution in [0.25, 0.3) is 21.8 Å². The molecule has 42 heavy (non-hydrogen) atoms. The zero-order valence-corrected chi connectivity index (χ0v) is 24.0. The summed E-state index contributed by atoms with van der Waals surface area (Å²) in [6.07, 6.45) is 0.330. The number of hydrogen-bond donors (Lipinski definition) is 1. The van der Waals surface area contributed by atoms with E-state index in [9.17, 15) is 18.0 Å². The molecular formula is C33H31N3O5S. The summed E-state index contributed by atoms with van der Waals surface area (Å²) in [6.45, 7) is 2.68. The van der Waals surface area contributed by atoms with Crippen LogP contribution >= 0.6 is 0 Å². The minimum atomic E-state index is -3.86. The van der Waals surface area contributed by atoms with Crippen LogP contribution in [0.3, 0.4) is 0 Å². The molecule has 1 aromatic heterocycles. The van der Waals surface area contributed by atoms with Crippen molar-refractivity contribution in [2.75, 3.05) is 18.5 Å². The summed E-state index contributed by atoms with van der Waals surface area (Å²) in [5.41, 5.74) is 4.56. The predicted molar refractivity (Wildman–Crippen MR) is 163 cm³/mol. The van der Waals surface area contributed by atoms with E-state index in [-0.39, 0.29) is 17.9 Å². The number of anilines is 1. The summed E-state index contributed by atoms with van der Waals surface area (Å²) in [7, 11) is -3.86. The third-order valence-corrected chi connectivity index (χ3v) is 9.73. The van der Waals surface area contributed by atoms with Crippen LogP contribution < -0.4 is 5.32 Å². The average molecular weight is 582 g/mol. The molecule has 6 rings (SSSR count). The molecule has 9 heteroatoms. The van der Waals surface area contributed by atoms with Crippen LogP contribution in [0.4, 0.5) is 5.69 Å². The first-order chi connectivity index (χ1) is 20.4. The summed E-state index contributed by atoms with van der Waals surface area (Å²) in [5, 5.41) is 4.95. The number of ether oxygens (including phenoxy) is 1. The molecule has 214 valence electrons. The lowest BCUT2D eigenvalue weighted by Gasteiger charge is -2.36. The third-order valence-electron chi connectivity index (χ3n) is 7.81. The van der Waals surface area contributed by atoms with Crippen molar-refractivity contribution >= 4 is 49.4 Å². The molecule has 1 aliphatic rings. The van der Waals surface area contributed by atoms with Gasteiger partial charge in [0, 0.05) is 40.6 Å². The zero-order chi connectivity index (χ0) is 29.3. The number of para-hydroxylation sites is 1. The summed E-state index contributed by atoms with van der Waals surface area (Å²) in [4.78, 5) is 26.0. The van der Waals surface area contributed by atoms with Crippen molar-refractivity contribution in [3.05, 3.63) is 108 Å². The maximum Gasteiger partial charge on any atom is 0.308 e. The van der Waals surface area contributed by atoms with Crippen LogP contribution in [0.2, 0.25) is 0 Å². The summed E-state index contributed by atoms with van der Waals surface area (Å²) >= 11 is 0. The molecule has 2 heterocycles. The van der Waals surface area contributed by atoms with Gasteiger partial charge in [-0.3, -0.25) is 9.59 Å². The molecular weight excluding hydrogens is 550 g/mol. The Balaban J connectivity index is 1.16. The lowest BCUT2D eigenvalue weighted by Crippen LogP contribution is -2.41. The van der Waals surface area contributed by atoms with Crippen molar-refractivity contribution in [3.8, 4) is 0 Å². The van der Waals surface area contributed by atoms with Crippen molar-refractivity contribution < 1.29 is 22.7 Å². The SMILES string of the molecule is CCn1c2ccccc2c2cc(NC(=O)COC(=O)C[C@@H]3c4ccccc4CCN3S(=O)(=O)c3ccccc3)ccc21. The number of benzene rings is 4. The predicted octanol–water partition coefficient (Wildman–Crippen LogP) is 5.67. The molecule has 8 nitrogen and oxygen atoms in total. The van der Waals surface area contributed by atoms with Gasteiger partial charge >= 0.3 is 5.97 Å². The van der Waals surface area contributed by atoms with E-state index in [1.54, 1.807) is 30.3 Å². The van der Waals surface area contributed by atoms with E-state index in [0.29, 0.717) is 12.1 Å². The number of amides is 1. The van der Waals surface area contributed by atoms with Crippen LogP contribution in [0.1, 0.15) is 30.5 Å². The van der Waals surface area contributed by atoms with Crippen LogP contribution in [-0.2, 0) is 37.3 Å². The van der Waals surface area contributed by atoms with Gasteiger partial charge in [0.1, 0.15) is 0 Å². The Morgan fingerprint density at radius 1 is 0.881 bits per heavy atom. The number of hydrogen-bond acceptors (Lipinski definition) is 5. The van der Waals surface area contributed by atoms with Gasteiger partial charge in [0.15, 0.2) is 6.61 Å². The number of carbonyl (C=O) groups is 2. The minimum Gasteiger partial charge on any atom is -0.456 e. The fourth-order valence-electron chi connectivity index (χ4n) is 5.89. The van der Waals surface area contributed by atoms with Crippen molar-refractivity contribution in [2.45, 2.75) is 37.2 Å². The maximum absolute atomic E-state index is 13.6. The molecule has 0 bridgehead atoms. The highest BCUT2D eigenvalue weighted by Crippen LogP contribution is 2.36. The monoisotopic (exact) mass is 581 g/mol. The van der Waals surface area contributed by atoms with Gasteiger partial charge in [-0.1, -0.05) is 60.7 Å². The minimum absolute atomic E-state index is 0.168. The van der Waals surface area contributed by atoms with Gasteiger partial charge in [-0.25, -0.2) is 8.42 Å². The Morgan fingerprint density at radius 3 is 2.40 bits per heavy atom. The lowest BCUT2D eigenvalue weighted by atomic mass is 9.92. The first-order valence-corrected chi connectivity index (χ1v) is 15.4. The second-order valence-electron chi connectivity index (χ2n) is 10.3. The summed E-state index contributed by atoms with van der Waals surface area (Å²) in [6, 6.07) is 28.8. The topological polar surface area (TPSA) is 97.7 Å². The Morgan fingerprint density at radius 2 is 1.60 bits per heavy atom. The van der Waals surface area contributed by atoms with Gasteiger partial charge in [0.05, 0.1) is 17.4 Å². The molecule has 4 aromatic carbocycles. The largest absolute Gasteiger partial charge is 0.456 e. The molecule has 1 aliphatic heterocycles. The Labute approximate surface area is 244 Å². The second kappa shape index (κ2) is 11.4. The molecule has 0 fully saturated rings. The number of nitrogens with zero attached hydrogens (tertiary/aromatic N) is 2. The number of carbonyl (C=O) groups excluding carboxylic acids is 2. The first-order valence-electron chi connectivity index (χ1n) is 14.0. The zero-order valence-electron chi connectivity index (χ0n) is 23.2. The van der Waals surface area contributed by atoms with Gasteiger partial charge in [0.2, 0.25) is 10.0 Å². The van der Waals surface area contributed by atoms with E-state index in [1.807, 2.05) is 54.6 Å². The maximum atomic E-state index is 13.6. The van der Waals surface area contributed by atoms with Crippen LogP contribution in [-0.4, -0.2) is 42.3 Å². The Kier molecular flexibility index (Phi) is 7.53. The molecule has 0 spiro atoms. The van der Waals surface area contributed by atoms with Gasteiger partial charge in [-0.15, -0.1) is 0 Å². The standard InChI is InChI=1S/C33H31N3O5S/c1-2-35-29-15-9-8-14-27(29)28-20-24(16-17-30(28)35)34-32(37)22-41-33(38)21-31-26-13-7-6-10-23(26)18-19-36(31)42(39,40)25-11-4-3-5-12-25/h3-17,20,31H,2,18-19,21-22H2,1H3,(H,34,37)/t31-/m1/s1. The van der Waals surface area contributed by atoms with Gasteiger partial charge in [0.25, 0.3) is 5.91 Å². The van der Waals surface area contributed by atoms with E-state index in [0.717, 1.165) is 39.5 Å². The number of rotatable bonds is 8. The fourth-order valence-corrected chi connectivity index (χ4v) is 7.51. The molecule has 1 amide bonds. The van der Waals surface area contributed by atoms with E-state index < -0.39 is 34.5 Å². The number of fused-ring (bicyclic) bond motifs is 4. The van der Waals surface area contributed by atoms with Crippen LogP contribution in [0.5, 0.6) is 0 Å². The Hall–Kier alpha value is -4.47. The molecule has 0 saturated carbocycles. The van der Waals surface area contributed by atoms with Crippen molar-refractivity contribution in [2.24, 2.45) is 0 Å². The number of sulfonamides is 1. The van der Waals surface area contributed by atoms with E-state index in [1.165, 1.54) is 4.31 Å². The molecule has 1 atom stereocenters. The van der Waals surface area contributed by atoms with E-state index in [4.69, 9.17) is 4.74 Å². The fraction of sp³-hybridized carbons (Fsp3) is 0.212. The summed E-state index contributed by atoms with van der Waals surface area (Å²) < 4.78 is 36.1. The van der Waals surface area contributed by atoms with Gasteiger partial charge in [-0.2, -0.15) is 4.31 Å². The summed E-state index contributed by atoms with van der Waals surface area (Å²) in [5.74, 6) is -1.12. The number of aromatic nitrogens is 1. The number of nitrogens with one attached hydrogen (secondary N) is 1. The number of aryl methyl sites for hydroxylation is 1. The van der Waals surface area contributed by atoms with Gasteiger partial charge < -0.3 is 14.6 Å². The van der Waals surface area contributed by atoms with Crippen molar-refractivity contribution in [1.29, 1.82) is 0 Å². The van der Waals surface area contributed by atoms with E-state index >= 15 is 0 Å². The smallest absolute Gasteiger partial charge is 0.308 e. The molecule has 5 aromatic rings. The highest BCUT2D eigenvalue weighted by molar-refractivity contribution is 7.89. The highest BCUT2D eigenvalue weighted by Gasteiger charge is 2.37. The van der Waals surface area contributed by atoms with Crippen LogP contribution in [0.15, 0.2) is 102 Å². The van der Waals surface area contributed by atoms with Crippen molar-refractivity contribution in [1.82, 2.24) is 8.87 Å². The first kappa shape index (κ1) is 27.7. The molecule has 0 unspecified atom stereocenters. The van der Waals surface area contributed by atoms with Gasteiger partial charge in [-0.05, 0) is 60.9 Å². The Bertz CT molecular complexity index is 1900. The third kappa shape index (κ3) is 5.17. The molecule has 0 radical (unpaired) electrons. The molecule has 0 aliphatic carbocycles. The lowest BCUT2D eigenvalue weighted by molar-refractivity contribution is -0.148. The second-order valence-corrected chi connectivity index (χ2v) is 12.2. The number of esters is 1. The molecule has 1 N–H and O–H groups in total. The molecule has 0 saturated heterocycles. The van der Waals surface area contributed by atoms with E-state index in [2.05, 4.69) is 28.9 Å². The normalized spacial score (nSPS) is 15.4. The highest BCUT2D eigenvalue weighted by atomic mass is 32.2. The quantitative estimate of drug-likeness (QED) is 0.238. The average Bonchev–Trinajstić information content (AvgIpc) is 3.33. The van der Waals surface area contributed by atoms with Crippen LogP contribution in [0, 0.1) is 0 Å².